The summed E-state index contributed by atoms with van der Waals surface area (Å²) in [6.45, 7) is 0.430. The van der Waals surface area contributed by atoms with Gasteiger partial charge in [-0.05, 0) is 18.2 Å². The van der Waals surface area contributed by atoms with Crippen LogP contribution in [0.1, 0.15) is 5.56 Å². The van der Waals surface area contributed by atoms with E-state index in [0.717, 1.165) is 21.5 Å². The second-order valence-corrected chi connectivity index (χ2v) is 5.74. The second-order valence-electron chi connectivity index (χ2n) is 4.44. The van der Waals surface area contributed by atoms with E-state index in [9.17, 15) is 5.11 Å². The zero-order valence-corrected chi connectivity index (χ0v) is 12.8. The first-order valence-electron chi connectivity index (χ1n) is 6.31. The van der Waals surface area contributed by atoms with Gasteiger partial charge < -0.3 is 15.2 Å². The van der Waals surface area contributed by atoms with Crippen molar-refractivity contribution in [3.05, 3.63) is 46.4 Å². The molecule has 0 amide bonds. The average molecular weight is 321 g/mol. The third-order valence-corrected chi connectivity index (χ3v) is 4.32. The minimum atomic E-state index is 0.133. The Labute approximate surface area is 131 Å². The van der Waals surface area contributed by atoms with Crippen LogP contribution in [0.15, 0.2) is 35.8 Å². The number of thiazole rings is 1. The number of benzene rings is 2. The van der Waals surface area contributed by atoms with Gasteiger partial charge in [0.05, 0.1) is 28.0 Å². The molecule has 1 heterocycles. The molecule has 0 aliphatic rings. The Morgan fingerprint density at radius 3 is 3.00 bits per heavy atom. The van der Waals surface area contributed by atoms with E-state index >= 15 is 0 Å². The molecule has 108 valence electrons. The van der Waals surface area contributed by atoms with E-state index in [-0.39, 0.29) is 5.75 Å². The van der Waals surface area contributed by atoms with Gasteiger partial charge in [-0.1, -0.05) is 23.7 Å². The van der Waals surface area contributed by atoms with Crippen LogP contribution in [0, 0.1) is 0 Å². The molecular weight excluding hydrogens is 308 g/mol. The summed E-state index contributed by atoms with van der Waals surface area (Å²) in [6, 6.07) is 9.17. The van der Waals surface area contributed by atoms with E-state index in [0.29, 0.717) is 17.3 Å². The normalized spacial score (nSPS) is 10.8. The van der Waals surface area contributed by atoms with Gasteiger partial charge in [-0.25, -0.2) is 4.98 Å². The lowest BCUT2D eigenvalue weighted by Gasteiger charge is -2.12. The second kappa shape index (κ2) is 5.79. The molecule has 4 nitrogen and oxygen atoms in total. The van der Waals surface area contributed by atoms with Gasteiger partial charge in [-0.3, -0.25) is 0 Å². The SMILES string of the molecule is COc1cccc(CNc2c(Cl)ccc3scnc23)c1O. The number of anilines is 1. The van der Waals surface area contributed by atoms with Crippen LogP contribution in [0.3, 0.4) is 0 Å². The van der Waals surface area contributed by atoms with Crippen LogP contribution in [0.5, 0.6) is 11.5 Å². The van der Waals surface area contributed by atoms with Crippen molar-refractivity contribution in [3.8, 4) is 11.5 Å². The molecule has 0 unspecified atom stereocenters. The number of rotatable bonds is 4. The van der Waals surface area contributed by atoms with Gasteiger partial charge in [0.25, 0.3) is 0 Å². The van der Waals surface area contributed by atoms with Gasteiger partial charge >= 0.3 is 0 Å². The maximum absolute atomic E-state index is 10.1. The highest BCUT2D eigenvalue weighted by atomic mass is 35.5. The van der Waals surface area contributed by atoms with E-state index in [4.69, 9.17) is 16.3 Å². The van der Waals surface area contributed by atoms with Gasteiger partial charge in [0.15, 0.2) is 11.5 Å². The molecule has 0 aliphatic heterocycles. The summed E-state index contributed by atoms with van der Waals surface area (Å²) in [4.78, 5) is 4.33. The molecule has 0 bridgehead atoms. The molecule has 0 atom stereocenters. The van der Waals surface area contributed by atoms with Crippen molar-refractivity contribution in [3.63, 3.8) is 0 Å². The minimum Gasteiger partial charge on any atom is -0.504 e. The molecule has 0 spiro atoms. The number of aromatic hydroxyl groups is 1. The maximum atomic E-state index is 10.1. The number of para-hydroxylation sites is 1. The topological polar surface area (TPSA) is 54.4 Å². The van der Waals surface area contributed by atoms with Crippen LogP contribution < -0.4 is 10.1 Å². The molecule has 6 heteroatoms. The van der Waals surface area contributed by atoms with Crippen LogP contribution in [-0.4, -0.2) is 17.2 Å². The summed E-state index contributed by atoms with van der Waals surface area (Å²) in [5, 5.41) is 14.0. The Bertz CT molecular complexity index is 788. The standard InChI is InChI=1S/C15H13ClN2O2S/c1-20-11-4-2-3-9(15(11)19)7-17-13-10(16)5-6-12-14(13)18-8-21-12/h2-6,8,17,19H,7H2,1H3. The highest BCUT2D eigenvalue weighted by Crippen LogP contribution is 2.34. The molecule has 3 aromatic rings. The van der Waals surface area contributed by atoms with Crippen molar-refractivity contribution in [1.29, 1.82) is 0 Å². The predicted octanol–water partition coefficient (Wildman–Crippen LogP) is 4.28. The van der Waals surface area contributed by atoms with Crippen LogP contribution in [0.2, 0.25) is 5.02 Å². The fraction of sp³-hybridized carbons (Fsp3) is 0.133. The van der Waals surface area contributed by atoms with E-state index in [1.807, 2.05) is 24.3 Å². The molecule has 0 fully saturated rings. The van der Waals surface area contributed by atoms with E-state index in [1.54, 1.807) is 22.9 Å². The van der Waals surface area contributed by atoms with E-state index in [2.05, 4.69) is 10.3 Å². The third kappa shape index (κ3) is 2.62. The summed E-state index contributed by atoms with van der Waals surface area (Å²) in [6.07, 6.45) is 0. The van der Waals surface area contributed by atoms with Gasteiger partial charge in [-0.15, -0.1) is 11.3 Å². The summed E-state index contributed by atoms with van der Waals surface area (Å²) < 4.78 is 6.17. The van der Waals surface area contributed by atoms with E-state index < -0.39 is 0 Å². The average Bonchev–Trinajstić information content (AvgIpc) is 2.96. The Balaban J connectivity index is 1.90. The molecule has 2 aromatic carbocycles. The number of fused-ring (bicyclic) bond motifs is 1. The molecule has 0 saturated heterocycles. The molecule has 0 radical (unpaired) electrons. The first kappa shape index (κ1) is 14.0. The molecule has 21 heavy (non-hydrogen) atoms. The molecule has 0 aliphatic carbocycles. The smallest absolute Gasteiger partial charge is 0.162 e. The van der Waals surface area contributed by atoms with Gasteiger partial charge in [0.1, 0.15) is 5.52 Å². The first-order chi connectivity index (χ1) is 10.2. The fourth-order valence-corrected chi connectivity index (χ4v) is 3.04. The van der Waals surface area contributed by atoms with Crippen LogP contribution in [-0.2, 0) is 6.54 Å². The number of hydrogen-bond donors (Lipinski definition) is 2. The lowest BCUT2D eigenvalue weighted by atomic mass is 10.1. The van der Waals surface area contributed by atoms with Crippen LogP contribution >= 0.6 is 22.9 Å². The lowest BCUT2D eigenvalue weighted by molar-refractivity contribution is 0.371. The molecule has 0 saturated carbocycles. The number of ether oxygens (including phenoxy) is 1. The molecule has 2 N–H and O–H groups in total. The van der Waals surface area contributed by atoms with Gasteiger partial charge in [-0.2, -0.15) is 0 Å². The Hall–Kier alpha value is -1.98. The minimum absolute atomic E-state index is 0.133. The van der Waals surface area contributed by atoms with Crippen molar-refractivity contribution >= 4 is 38.8 Å². The van der Waals surface area contributed by atoms with Crippen LogP contribution in [0.4, 0.5) is 5.69 Å². The Kier molecular flexibility index (Phi) is 3.86. The molecule has 1 aromatic heterocycles. The number of methoxy groups -OCH3 is 1. The van der Waals surface area contributed by atoms with Crippen molar-refractivity contribution in [2.45, 2.75) is 6.54 Å². The largest absolute Gasteiger partial charge is 0.504 e. The van der Waals surface area contributed by atoms with Crippen molar-refractivity contribution in [2.24, 2.45) is 0 Å². The van der Waals surface area contributed by atoms with Gasteiger partial charge in [0.2, 0.25) is 0 Å². The highest BCUT2D eigenvalue weighted by molar-refractivity contribution is 7.16. The third-order valence-electron chi connectivity index (χ3n) is 3.21. The number of nitrogens with zero attached hydrogens (tertiary/aromatic N) is 1. The van der Waals surface area contributed by atoms with Crippen molar-refractivity contribution in [2.75, 3.05) is 12.4 Å². The Morgan fingerprint density at radius 2 is 2.19 bits per heavy atom. The number of halogens is 1. The highest BCUT2D eigenvalue weighted by Gasteiger charge is 2.11. The predicted molar refractivity (Wildman–Crippen MR) is 86.6 cm³/mol. The monoisotopic (exact) mass is 320 g/mol. The van der Waals surface area contributed by atoms with E-state index in [1.165, 1.54) is 7.11 Å². The summed E-state index contributed by atoms with van der Waals surface area (Å²) in [7, 11) is 1.53. The van der Waals surface area contributed by atoms with Gasteiger partial charge in [0, 0.05) is 12.1 Å². The molecular formula is C15H13ClN2O2S. The zero-order chi connectivity index (χ0) is 14.8. The maximum Gasteiger partial charge on any atom is 0.162 e. The summed E-state index contributed by atoms with van der Waals surface area (Å²) in [5.74, 6) is 0.585. The van der Waals surface area contributed by atoms with Crippen molar-refractivity contribution in [1.82, 2.24) is 4.98 Å². The number of aromatic nitrogens is 1. The van der Waals surface area contributed by atoms with Crippen molar-refractivity contribution < 1.29 is 9.84 Å². The van der Waals surface area contributed by atoms with Crippen LogP contribution in [0.25, 0.3) is 10.2 Å². The fourth-order valence-electron chi connectivity index (χ4n) is 2.13. The number of phenols is 1. The lowest BCUT2D eigenvalue weighted by Crippen LogP contribution is -2.01. The molecule has 3 rings (SSSR count). The Morgan fingerprint density at radius 1 is 1.33 bits per heavy atom. The number of hydrogen-bond acceptors (Lipinski definition) is 5. The zero-order valence-electron chi connectivity index (χ0n) is 11.3. The number of phenolic OH excluding ortho intramolecular Hbond substituents is 1. The number of nitrogens with one attached hydrogen (secondary N) is 1. The first-order valence-corrected chi connectivity index (χ1v) is 7.57. The quantitative estimate of drug-likeness (QED) is 0.753. The summed E-state index contributed by atoms with van der Waals surface area (Å²) in [5.41, 5.74) is 4.14. The summed E-state index contributed by atoms with van der Waals surface area (Å²) >= 11 is 7.80.